The SMILES string of the molecule is CC(CC(=O)NC(c1ccccc1)C1CC1)C1CCCNC1. The van der Waals surface area contributed by atoms with Gasteiger partial charge >= 0.3 is 0 Å². The first kappa shape index (κ1) is 15.5. The van der Waals surface area contributed by atoms with Crippen molar-refractivity contribution in [2.75, 3.05) is 13.1 Å². The molecule has 0 bridgehead atoms. The Bertz CT molecular complexity index is 477. The summed E-state index contributed by atoms with van der Waals surface area (Å²) in [4.78, 5) is 12.5. The van der Waals surface area contributed by atoms with Crippen LogP contribution in [0, 0.1) is 17.8 Å². The summed E-state index contributed by atoms with van der Waals surface area (Å²) in [6.07, 6.45) is 5.63. The van der Waals surface area contributed by atoms with Crippen LogP contribution in [-0.2, 0) is 4.79 Å². The van der Waals surface area contributed by atoms with Crippen molar-refractivity contribution in [3.05, 3.63) is 35.9 Å². The van der Waals surface area contributed by atoms with Gasteiger partial charge in [0.1, 0.15) is 0 Å². The van der Waals surface area contributed by atoms with E-state index in [2.05, 4.69) is 41.8 Å². The van der Waals surface area contributed by atoms with Crippen LogP contribution < -0.4 is 10.6 Å². The van der Waals surface area contributed by atoms with Crippen LogP contribution in [-0.4, -0.2) is 19.0 Å². The maximum atomic E-state index is 12.5. The van der Waals surface area contributed by atoms with Crippen LogP contribution in [0.15, 0.2) is 30.3 Å². The molecule has 3 atom stereocenters. The topological polar surface area (TPSA) is 41.1 Å². The number of hydrogen-bond acceptors (Lipinski definition) is 2. The molecule has 2 fully saturated rings. The lowest BCUT2D eigenvalue weighted by Crippen LogP contribution is -2.36. The Morgan fingerprint density at radius 3 is 2.64 bits per heavy atom. The second-order valence-electron chi connectivity index (χ2n) is 7.08. The van der Waals surface area contributed by atoms with Gasteiger partial charge in [-0.3, -0.25) is 4.79 Å². The minimum absolute atomic E-state index is 0.213. The normalized spacial score (nSPS) is 24.5. The van der Waals surface area contributed by atoms with Crippen molar-refractivity contribution in [2.45, 2.75) is 45.1 Å². The minimum atomic E-state index is 0.213. The molecule has 1 saturated heterocycles. The molecule has 0 spiro atoms. The van der Waals surface area contributed by atoms with E-state index >= 15 is 0 Å². The predicted molar refractivity (Wildman–Crippen MR) is 89.4 cm³/mol. The molecule has 1 aliphatic heterocycles. The van der Waals surface area contributed by atoms with Crippen LogP contribution in [0.3, 0.4) is 0 Å². The van der Waals surface area contributed by atoms with Gasteiger partial charge in [0.15, 0.2) is 0 Å². The molecule has 120 valence electrons. The fourth-order valence-corrected chi connectivity index (χ4v) is 3.62. The number of piperidine rings is 1. The predicted octanol–water partition coefficient (Wildman–Crippen LogP) is 3.28. The molecule has 1 heterocycles. The van der Waals surface area contributed by atoms with Crippen molar-refractivity contribution in [3.63, 3.8) is 0 Å². The first-order chi connectivity index (χ1) is 10.7. The quantitative estimate of drug-likeness (QED) is 0.846. The van der Waals surface area contributed by atoms with Gasteiger partial charge in [-0.05, 0) is 62.1 Å². The van der Waals surface area contributed by atoms with Gasteiger partial charge in [0.05, 0.1) is 6.04 Å². The van der Waals surface area contributed by atoms with Crippen molar-refractivity contribution in [1.29, 1.82) is 0 Å². The molecule has 1 aliphatic carbocycles. The average Bonchev–Trinajstić information content (AvgIpc) is 3.39. The van der Waals surface area contributed by atoms with Crippen LogP contribution in [0.1, 0.15) is 50.6 Å². The van der Waals surface area contributed by atoms with E-state index in [4.69, 9.17) is 0 Å². The first-order valence-electron chi connectivity index (χ1n) is 8.79. The first-order valence-corrected chi connectivity index (χ1v) is 8.79. The monoisotopic (exact) mass is 300 g/mol. The largest absolute Gasteiger partial charge is 0.349 e. The lowest BCUT2D eigenvalue weighted by molar-refractivity contribution is -0.123. The third-order valence-electron chi connectivity index (χ3n) is 5.22. The zero-order valence-corrected chi connectivity index (χ0v) is 13.6. The molecule has 2 aliphatic rings. The molecule has 1 aromatic rings. The molecule has 3 heteroatoms. The molecule has 22 heavy (non-hydrogen) atoms. The van der Waals surface area contributed by atoms with Gasteiger partial charge in [-0.2, -0.15) is 0 Å². The Hall–Kier alpha value is -1.35. The third-order valence-corrected chi connectivity index (χ3v) is 5.22. The summed E-state index contributed by atoms with van der Waals surface area (Å²) in [7, 11) is 0. The summed E-state index contributed by atoms with van der Waals surface area (Å²) < 4.78 is 0. The molecule has 1 saturated carbocycles. The molecule has 3 rings (SSSR count). The highest BCUT2D eigenvalue weighted by Crippen LogP contribution is 2.41. The van der Waals surface area contributed by atoms with E-state index in [9.17, 15) is 4.79 Å². The van der Waals surface area contributed by atoms with E-state index in [0.29, 0.717) is 24.2 Å². The number of carbonyl (C=O) groups excluding carboxylic acids is 1. The lowest BCUT2D eigenvalue weighted by Gasteiger charge is -2.28. The van der Waals surface area contributed by atoms with Crippen molar-refractivity contribution < 1.29 is 4.79 Å². The number of amides is 1. The van der Waals surface area contributed by atoms with Crippen molar-refractivity contribution in [3.8, 4) is 0 Å². The molecular formula is C19H28N2O. The van der Waals surface area contributed by atoms with E-state index in [1.54, 1.807) is 0 Å². The van der Waals surface area contributed by atoms with Crippen LogP contribution in [0.4, 0.5) is 0 Å². The standard InChI is InChI=1S/C19H28N2O/c1-14(17-8-5-11-20-13-17)12-18(22)21-19(16-9-10-16)15-6-3-2-4-7-15/h2-4,6-7,14,16-17,19-20H,5,8-13H2,1H3,(H,21,22). The van der Waals surface area contributed by atoms with Gasteiger partial charge in [0.25, 0.3) is 0 Å². The van der Waals surface area contributed by atoms with Crippen LogP contribution in [0.25, 0.3) is 0 Å². The Morgan fingerprint density at radius 1 is 1.23 bits per heavy atom. The van der Waals surface area contributed by atoms with Crippen LogP contribution >= 0.6 is 0 Å². The Morgan fingerprint density at radius 2 is 2.00 bits per heavy atom. The average molecular weight is 300 g/mol. The number of carbonyl (C=O) groups is 1. The van der Waals surface area contributed by atoms with Gasteiger partial charge in [-0.15, -0.1) is 0 Å². The smallest absolute Gasteiger partial charge is 0.220 e. The highest BCUT2D eigenvalue weighted by molar-refractivity contribution is 5.76. The summed E-state index contributed by atoms with van der Waals surface area (Å²) in [5.74, 6) is 1.97. The van der Waals surface area contributed by atoms with Crippen LogP contribution in [0.5, 0.6) is 0 Å². The molecule has 0 radical (unpaired) electrons. The van der Waals surface area contributed by atoms with Gasteiger partial charge in [-0.25, -0.2) is 0 Å². The van der Waals surface area contributed by atoms with Crippen molar-refractivity contribution >= 4 is 5.91 Å². The summed E-state index contributed by atoms with van der Waals surface area (Å²) >= 11 is 0. The lowest BCUT2D eigenvalue weighted by atomic mass is 9.85. The Labute approximate surface area is 133 Å². The fraction of sp³-hybridized carbons (Fsp3) is 0.632. The second-order valence-corrected chi connectivity index (χ2v) is 7.08. The zero-order chi connectivity index (χ0) is 15.4. The van der Waals surface area contributed by atoms with E-state index in [0.717, 1.165) is 13.1 Å². The molecule has 1 amide bonds. The molecular weight excluding hydrogens is 272 g/mol. The number of hydrogen-bond donors (Lipinski definition) is 2. The zero-order valence-electron chi connectivity index (χ0n) is 13.6. The maximum Gasteiger partial charge on any atom is 0.220 e. The highest BCUT2D eigenvalue weighted by atomic mass is 16.1. The summed E-state index contributed by atoms with van der Waals surface area (Å²) in [5.41, 5.74) is 1.25. The van der Waals surface area contributed by atoms with Gasteiger partial charge in [0.2, 0.25) is 5.91 Å². The molecule has 0 aromatic heterocycles. The van der Waals surface area contributed by atoms with E-state index in [1.807, 2.05) is 6.07 Å². The van der Waals surface area contributed by atoms with Gasteiger partial charge in [0, 0.05) is 6.42 Å². The Balaban J connectivity index is 1.55. The summed E-state index contributed by atoms with van der Waals surface area (Å²) in [6.45, 7) is 4.43. The molecule has 1 aromatic carbocycles. The van der Waals surface area contributed by atoms with Gasteiger partial charge in [-0.1, -0.05) is 37.3 Å². The van der Waals surface area contributed by atoms with E-state index in [1.165, 1.54) is 31.2 Å². The summed E-state index contributed by atoms with van der Waals surface area (Å²) in [5, 5.41) is 6.76. The van der Waals surface area contributed by atoms with Gasteiger partial charge < -0.3 is 10.6 Å². The molecule has 2 N–H and O–H groups in total. The minimum Gasteiger partial charge on any atom is -0.349 e. The highest BCUT2D eigenvalue weighted by Gasteiger charge is 2.33. The fourth-order valence-electron chi connectivity index (χ4n) is 3.62. The van der Waals surface area contributed by atoms with E-state index < -0.39 is 0 Å². The maximum absolute atomic E-state index is 12.5. The summed E-state index contributed by atoms with van der Waals surface area (Å²) in [6, 6.07) is 10.6. The van der Waals surface area contributed by atoms with Crippen molar-refractivity contribution in [2.24, 2.45) is 17.8 Å². The second kappa shape index (κ2) is 7.28. The number of benzene rings is 1. The van der Waals surface area contributed by atoms with Crippen molar-refractivity contribution in [1.82, 2.24) is 10.6 Å². The molecule has 3 unspecified atom stereocenters. The number of nitrogens with one attached hydrogen (secondary N) is 2. The third kappa shape index (κ3) is 4.10. The van der Waals surface area contributed by atoms with Crippen LogP contribution in [0.2, 0.25) is 0 Å². The molecule has 3 nitrogen and oxygen atoms in total. The number of rotatable bonds is 6. The van der Waals surface area contributed by atoms with E-state index in [-0.39, 0.29) is 11.9 Å². The Kier molecular flexibility index (Phi) is 5.14.